The van der Waals surface area contributed by atoms with Gasteiger partial charge < -0.3 is 8.78 Å². The van der Waals surface area contributed by atoms with Crippen LogP contribution < -0.4 is 0 Å². The van der Waals surface area contributed by atoms with Crippen molar-refractivity contribution in [2.24, 2.45) is 0 Å². The molecule has 0 bridgehead atoms. The lowest BCUT2D eigenvalue weighted by atomic mass is 10.1. The molecule has 0 spiro atoms. The van der Waals surface area contributed by atoms with Crippen molar-refractivity contribution in [1.29, 1.82) is 0 Å². The molecule has 20 heavy (non-hydrogen) atoms. The Labute approximate surface area is 127 Å². The third-order valence-electron chi connectivity index (χ3n) is 4.32. The smallest absolute Gasteiger partial charge is 0.372 e. The highest BCUT2D eigenvalue weighted by atomic mass is 27.2. The fourth-order valence-electron chi connectivity index (χ4n) is 3.02. The summed E-state index contributed by atoms with van der Waals surface area (Å²) in [4.78, 5) is 14.3. The molecule has 0 radical (unpaired) electrons. The van der Waals surface area contributed by atoms with Crippen molar-refractivity contribution in [2.45, 2.75) is 30.8 Å². The van der Waals surface area contributed by atoms with Gasteiger partial charge in [-0.15, -0.1) is 0 Å². The summed E-state index contributed by atoms with van der Waals surface area (Å²) < 4.78 is 2.67. The predicted octanol–water partition coefficient (Wildman–Crippen LogP) is 2.40. The highest BCUT2D eigenvalue weighted by molar-refractivity contribution is 6.55. The number of carbonyl (C=O) groups excluding carboxylic acids is 1. The molecule has 1 saturated heterocycles. The molecule has 1 aromatic carbocycles. The van der Waals surface area contributed by atoms with Crippen LogP contribution in [0.1, 0.15) is 19.4 Å². The summed E-state index contributed by atoms with van der Waals surface area (Å²) >= 11 is -0.705. The number of amides is 1. The Hall–Kier alpha value is -0.818. The van der Waals surface area contributed by atoms with E-state index < -0.39 is 14.4 Å². The summed E-state index contributed by atoms with van der Waals surface area (Å²) in [6.07, 6.45) is 0.545. The van der Waals surface area contributed by atoms with Crippen LogP contribution in [0.2, 0.25) is 10.6 Å². The van der Waals surface area contributed by atoms with Gasteiger partial charge in [0.1, 0.15) is 0 Å². The number of hydrogen-bond donors (Lipinski definition) is 0. The summed E-state index contributed by atoms with van der Waals surface area (Å²) in [6.45, 7) is 8.61. The van der Waals surface area contributed by atoms with Crippen molar-refractivity contribution in [1.82, 2.24) is 8.78 Å². The molecule has 0 unspecified atom stereocenters. The number of rotatable bonds is 5. The molecule has 1 aliphatic rings. The standard InChI is InChI=1S/C12H15N2O.2C2H5.Al/c15-12(14-8-6-13-7-9-14)10-11-4-2-1-3-5-11;2*1-2;/h1-5H,6-10H2;2*1H2,2H3;/q-1;;;+1. The van der Waals surface area contributed by atoms with E-state index in [4.69, 9.17) is 0 Å². The van der Waals surface area contributed by atoms with Gasteiger partial charge in [0.2, 0.25) is 5.91 Å². The van der Waals surface area contributed by atoms with Crippen molar-refractivity contribution in [2.75, 3.05) is 26.2 Å². The van der Waals surface area contributed by atoms with Crippen LogP contribution in [0, 0.1) is 0 Å². The monoisotopic (exact) mass is 288 g/mol. The first-order valence-electron chi connectivity index (χ1n) is 7.80. The maximum atomic E-state index is 12.3. The van der Waals surface area contributed by atoms with E-state index in [9.17, 15) is 4.79 Å². The predicted molar refractivity (Wildman–Crippen MR) is 85.0 cm³/mol. The van der Waals surface area contributed by atoms with Gasteiger partial charge in [-0.05, 0) is 18.7 Å². The average Bonchev–Trinajstić information content (AvgIpc) is 2.50. The van der Waals surface area contributed by atoms with Crippen LogP contribution in [-0.4, -0.2) is 55.2 Å². The van der Waals surface area contributed by atoms with Crippen LogP contribution in [0.4, 0.5) is 0 Å². The normalized spacial score (nSPS) is 16.2. The maximum absolute atomic E-state index is 12.3. The molecule has 108 valence electrons. The highest BCUT2D eigenvalue weighted by Gasteiger charge is 2.27. The first-order valence-corrected chi connectivity index (χ1v) is 9.95. The molecule has 1 heterocycles. The maximum Gasteiger partial charge on any atom is 0.372 e. The zero-order chi connectivity index (χ0) is 14.4. The molecule has 3 nitrogen and oxygen atoms in total. The second-order valence-corrected chi connectivity index (χ2v) is 9.22. The number of piperazine rings is 1. The number of nitrogens with zero attached hydrogens (tertiary/aromatic N) is 2. The van der Waals surface area contributed by atoms with E-state index in [1.807, 2.05) is 35.2 Å². The summed E-state index contributed by atoms with van der Waals surface area (Å²) in [7, 11) is 0. The summed E-state index contributed by atoms with van der Waals surface area (Å²) in [5, 5.41) is 2.68. The van der Waals surface area contributed by atoms with Gasteiger partial charge in [0, 0.05) is 13.1 Å². The molecule has 1 aromatic rings. The van der Waals surface area contributed by atoms with Crippen molar-refractivity contribution in [3.8, 4) is 0 Å². The Bertz CT molecular complexity index is 412. The van der Waals surface area contributed by atoms with Gasteiger partial charge in [-0.3, -0.25) is 4.79 Å². The molecule has 2 rings (SSSR count). The van der Waals surface area contributed by atoms with E-state index in [0.29, 0.717) is 6.42 Å². The lowest BCUT2D eigenvalue weighted by Crippen LogP contribution is -2.53. The number of hydrogen-bond acceptors (Lipinski definition) is 2. The molecule has 1 aliphatic heterocycles. The van der Waals surface area contributed by atoms with Gasteiger partial charge in [0.15, 0.2) is 0 Å². The topological polar surface area (TPSA) is 23.6 Å². The Balaban J connectivity index is 1.83. The third-order valence-corrected chi connectivity index (χ3v) is 7.76. The first-order chi connectivity index (χ1) is 9.74. The fourth-order valence-corrected chi connectivity index (χ4v) is 5.60. The van der Waals surface area contributed by atoms with Crippen molar-refractivity contribution in [3.05, 3.63) is 35.9 Å². The van der Waals surface area contributed by atoms with E-state index in [1.54, 1.807) is 0 Å². The van der Waals surface area contributed by atoms with Crippen molar-refractivity contribution in [3.63, 3.8) is 0 Å². The van der Waals surface area contributed by atoms with E-state index in [2.05, 4.69) is 17.7 Å². The quantitative estimate of drug-likeness (QED) is 0.777. The zero-order valence-corrected chi connectivity index (χ0v) is 13.9. The van der Waals surface area contributed by atoms with Crippen molar-refractivity contribution >= 4 is 20.3 Å². The number of carbonyl (C=O) groups is 1. The van der Waals surface area contributed by atoms with Gasteiger partial charge in [0.25, 0.3) is 0 Å². The molecule has 1 amide bonds. The fraction of sp³-hybridized carbons (Fsp3) is 0.562. The highest BCUT2D eigenvalue weighted by Crippen LogP contribution is 2.11. The first kappa shape index (κ1) is 15.6. The Morgan fingerprint density at radius 3 is 2.20 bits per heavy atom. The molecular formula is C16H25AlN2O. The average molecular weight is 288 g/mol. The van der Waals surface area contributed by atoms with E-state index in [1.165, 1.54) is 10.6 Å². The van der Waals surface area contributed by atoms with Gasteiger partial charge >= 0.3 is 14.4 Å². The van der Waals surface area contributed by atoms with Crippen LogP contribution >= 0.6 is 0 Å². The minimum absolute atomic E-state index is 0.280. The SMILES string of the molecule is C[CH2][Al]([CH2]C)[N]1CCN(C(=O)Cc2ccccc2)CC1. The second kappa shape index (κ2) is 7.83. The molecule has 0 aromatic heterocycles. The summed E-state index contributed by atoms with van der Waals surface area (Å²) in [5.41, 5.74) is 1.12. The van der Waals surface area contributed by atoms with E-state index >= 15 is 0 Å². The second-order valence-electron chi connectivity index (χ2n) is 5.55. The van der Waals surface area contributed by atoms with Crippen LogP contribution in [0.15, 0.2) is 30.3 Å². The molecule has 0 saturated carbocycles. The van der Waals surface area contributed by atoms with Gasteiger partial charge in [-0.1, -0.05) is 54.7 Å². The van der Waals surface area contributed by atoms with Crippen LogP contribution in [0.5, 0.6) is 0 Å². The Kier molecular flexibility index (Phi) is 6.10. The molecule has 0 atom stereocenters. The number of benzene rings is 1. The molecule has 0 aliphatic carbocycles. The van der Waals surface area contributed by atoms with E-state index in [0.717, 1.165) is 31.7 Å². The van der Waals surface area contributed by atoms with Crippen molar-refractivity contribution < 1.29 is 4.79 Å². The Morgan fingerprint density at radius 2 is 1.65 bits per heavy atom. The van der Waals surface area contributed by atoms with Gasteiger partial charge in [-0.2, -0.15) is 0 Å². The lowest BCUT2D eigenvalue weighted by Gasteiger charge is -2.38. The van der Waals surface area contributed by atoms with E-state index in [-0.39, 0.29) is 5.91 Å². The molecule has 0 N–H and O–H groups in total. The summed E-state index contributed by atoms with van der Waals surface area (Å²) in [6, 6.07) is 10.1. The van der Waals surface area contributed by atoms with Crippen LogP contribution in [-0.2, 0) is 11.2 Å². The minimum atomic E-state index is -0.705. The minimum Gasteiger partial charge on any atom is -0.382 e. The van der Waals surface area contributed by atoms with Gasteiger partial charge in [0.05, 0.1) is 6.42 Å². The van der Waals surface area contributed by atoms with Gasteiger partial charge in [-0.25, -0.2) is 0 Å². The molecule has 4 heteroatoms. The molecular weight excluding hydrogens is 263 g/mol. The summed E-state index contributed by atoms with van der Waals surface area (Å²) in [5.74, 6) is 0.280. The third kappa shape index (κ3) is 4.09. The lowest BCUT2D eigenvalue weighted by molar-refractivity contribution is -0.131. The molecule has 1 fully saturated rings. The largest absolute Gasteiger partial charge is 0.382 e. The Morgan fingerprint density at radius 1 is 1.05 bits per heavy atom. The van der Waals surface area contributed by atoms with Crippen LogP contribution in [0.25, 0.3) is 0 Å². The van der Waals surface area contributed by atoms with Crippen LogP contribution in [0.3, 0.4) is 0 Å². The zero-order valence-electron chi connectivity index (χ0n) is 12.7.